The lowest BCUT2D eigenvalue weighted by Crippen LogP contribution is -2.26. The average Bonchev–Trinajstić information content (AvgIpc) is 2.67. The topological polar surface area (TPSA) is 69.7 Å². The van der Waals surface area contributed by atoms with Gasteiger partial charge in [-0.05, 0) is 24.8 Å². The molecule has 0 aromatic carbocycles. The minimum atomic E-state index is -0.613. The van der Waals surface area contributed by atoms with Gasteiger partial charge >= 0.3 is 11.9 Å². The molecule has 1 aliphatic rings. The first-order chi connectivity index (χ1) is 8.88. The highest BCUT2D eigenvalue weighted by atomic mass is 16.5. The molecule has 1 aliphatic carbocycles. The minimum Gasteiger partial charge on any atom is -0.462 e. The maximum absolute atomic E-state index is 11.8. The van der Waals surface area contributed by atoms with E-state index >= 15 is 0 Å². The zero-order chi connectivity index (χ0) is 14.6. The summed E-state index contributed by atoms with van der Waals surface area (Å²) in [7, 11) is 0. The van der Waals surface area contributed by atoms with Crippen molar-refractivity contribution in [1.29, 1.82) is 0 Å². The quantitative estimate of drug-likeness (QED) is 0.561. The van der Waals surface area contributed by atoms with Gasteiger partial charge in [-0.3, -0.25) is 9.59 Å². The Morgan fingerprint density at radius 2 is 1.89 bits per heavy atom. The number of carbonyl (C=O) groups excluding carboxylic acids is 3. The third-order valence-corrected chi connectivity index (χ3v) is 2.94. The molecule has 0 bridgehead atoms. The summed E-state index contributed by atoms with van der Waals surface area (Å²) >= 11 is 0. The maximum atomic E-state index is 11.8. The lowest BCUT2D eigenvalue weighted by Gasteiger charge is -2.22. The number of hydrogen-bond acceptors (Lipinski definition) is 5. The van der Waals surface area contributed by atoms with Gasteiger partial charge in [0.15, 0.2) is 5.78 Å². The molecule has 0 N–H and O–H groups in total. The highest BCUT2D eigenvalue weighted by Gasteiger charge is 2.36. The molecule has 0 saturated carbocycles. The summed E-state index contributed by atoms with van der Waals surface area (Å²) in [6.07, 6.45) is 0.181. The standard InChI is InChI=1S/C14H20O5/c1-5-18-14(17)12-10(6-7-11(12)16)13(8(2)3)19-9(4)15/h8,13H,5-7H2,1-4H3. The van der Waals surface area contributed by atoms with Crippen LogP contribution in [0.1, 0.15) is 40.5 Å². The number of hydrogen-bond donors (Lipinski definition) is 0. The first-order valence-corrected chi connectivity index (χ1v) is 6.49. The molecule has 0 fully saturated rings. The zero-order valence-electron chi connectivity index (χ0n) is 11.8. The first-order valence-electron chi connectivity index (χ1n) is 6.49. The lowest BCUT2D eigenvalue weighted by atomic mass is 9.95. The Hall–Kier alpha value is -1.65. The van der Waals surface area contributed by atoms with Crippen molar-refractivity contribution >= 4 is 17.7 Å². The Bertz CT molecular complexity index is 420. The summed E-state index contributed by atoms with van der Waals surface area (Å²) in [5.74, 6) is -1.27. The second-order valence-electron chi connectivity index (χ2n) is 4.82. The molecule has 0 aromatic rings. The van der Waals surface area contributed by atoms with Gasteiger partial charge in [-0.15, -0.1) is 0 Å². The van der Waals surface area contributed by atoms with E-state index < -0.39 is 18.0 Å². The van der Waals surface area contributed by atoms with E-state index in [-0.39, 0.29) is 30.3 Å². The molecule has 19 heavy (non-hydrogen) atoms. The van der Waals surface area contributed by atoms with Gasteiger partial charge in [0.25, 0.3) is 0 Å². The molecule has 5 heteroatoms. The second kappa shape index (κ2) is 6.50. The Kier molecular flexibility index (Phi) is 5.27. The van der Waals surface area contributed by atoms with Gasteiger partial charge < -0.3 is 9.47 Å². The summed E-state index contributed by atoms with van der Waals surface area (Å²) in [6, 6.07) is 0. The summed E-state index contributed by atoms with van der Waals surface area (Å²) in [6.45, 7) is 6.97. The summed E-state index contributed by atoms with van der Waals surface area (Å²) in [5, 5.41) is 0. The van der Waals surface area contributed by atoms with Crippen molar-refractivity contribution in [1.82, 2.24) is 0 Å². The van der Waals surface area contributed by atoms with Crippen LogP contribution in [0, 0.1) is 5.92 Å². The number of Topliss-reactive ketones (excluding diaryl/α,β-unsaturated/α-hetero) is 1. The van der Waals surface area contributed by atoms with Crippen molar-refractivity contribution in [3.8, 4) is 0 Å². The molecule has 5 nitrogen and oxygen atoms in total. The number of ether oxygens (including phenoxy) is 2. The fourth-order valence-electron chi connectivity index (χ4n) is 2.20. The van der Waals surface area contributed by atoms with Crippen molar-refractivity contribution in [3.63, 3.8) is 0 Å². The summed E-state index contributed by atoms with van der Waals surface area (Å²) < 4.78 is 10.1. The molecular weight excluding hydrogens is 248 g/mol. The molecule has 1 rings (SSSR count). The van der Waals surface area contributed by atoms with E-state index in [4.69, 9.17) is 9.47 Å². The van der Waals surface area contributed by atoms with E-state index in [1.807, 2.05) is 13.8 Å². The molecule has 0 spiro atoms. The highest BCUT2D eigenvalue weighted by molar-refractivity contribution is 6.19. The average molecular weight is 268 g/mol. The van der Waals surface area contributed by atoms with Crippen LogP contribution >= 0.6 is 0 Å². The molecule has 1 unspecified atom stereocenters. The van der Waals surface area contributed by atoms with E-state index in [2.05, 4.69) is 0 Å². The van der Waals surface area contributed by atoms with Crippen LogP contribution < -0.4 is 0 Å². The lowest BCUT2D eigenvalue weighted by molar-refractivity contribution is -0.147. The third kappa shape index (κ3) is 3.66. The van der Waals surface area contributed by atoms with E-state index in [9.17, 15) is 14.4 Å². The van der Waals surface area contributed by atoms with Gasteiger partial charge in [-0.2, -0.15) is 0 Å². The monoisotopic (exact) mass is 268 g/mol. The van der Waals surface area contributed by atoms with Crippen LogP contribution in [0.2, 0.25) is 0 Å². The summed E-state index contributed by atoms with van der Waals surface area (Å²) in [5.41, 5.74) is 0.662. The minimum absolute atomic E-state index is 0.00535. The molecule has 0 radical (unpaired) electrons. The van der Waals surface area contributed by atoms with Crippen LogP contribution in [0.3, 0.4) is 0 Å². The van der Waals surface area contributed by atoms with Crippen LogP contribution in [0.5, 0.6) is 0 Å². The van der Waals surface area contributed by atoms with Crippen molar-refractivity contribution in [3.05, 3.63) is 11.1 Å². The number of carbonyl (C=O) groups is 3. The van der Waals surface area contributed by atoms with Crippen molar-refractivity contribution < 1.29 is 23.9 Å². The Morgan fingerprint density at radius 1 is 1.26 bits per heavy atom. The maximum Gasteiger partial charge on any atom is 0.341 e. The van der Waals surface area contributed by atoms with Crippen molar-refractivity contribution in [2.45, 2.75) is 46.6 Å². The highest BCUT2D eigenvalue weighted by Crippen LogP contribution is 2.31. The predicted octanol–water partition coefficient (Wildman–Crippen LogP) is 1.80. The molecule has 1 atom stereocenters. The zero-order valence-corrected chi connectivity index (χ0v) is 11.8. The van der Waals surface area contributed by atoms with Crippen LogP contribution in [0.25, 0.3) is 0 Å². The molecular formula is C14H20O5. The molecule has 0 amide bonds. The van der Waals surface area contributed by atoms with Gasteiger partial charge in [0.1, 0.15) is 11.7 Å². The van der Waals surface area contributed by atoms with Crippen molar-refractivity contribution in [2.24, 2.45) is 5.92 Å². The normalized spacial score (nSPS) is 16.8. The molecule has 0 saturated heterocycles. The second-order valence-corrected chi connectivity index (χ2v) is 4.82. The van der Waals surface area contributed by atoms with E-state index in [0.717, 1.165) is 0 Å². The first kappa shape index (κ1) is 15.4. The fourth-order valence-corrected chi connectivity index (χ4v) is 2.20. The molecule has 0 aromatic heterocycles. The number of ketones is 1. The van der Waals surface area contributed by atoms with Crippen LogP contribution in [0.4, 0.5) is 0 Å². The Balaban J connectivity index is 3.12. The molecule has 0 heterocycles. The largest absolute Gasteiger partial charge is 0.462 e. The van der Waals surface area contributed by atoms with Gasteiger partial charge in [0.2, 0.25) is 0 Å². The third-order valence-electron chi connectivity index (χ3n) is 2.94. The molecule has 0 aliphatic heterocycles. The predicted molar refractivity (Wildman–Crippen MR) is 68.3 cm³/mol. The van der Waals surface area contributed by atoms with E-state index in [1.54, 1.807) is 6.92 Å². The SMILES string of the molecule is CCOC(=O)C1=C(C(OC(C)=O)C(C)C)CCC1=O. The van der Waals surface area contributed by atoms with Gasteiger partial charge in [0, 0.05) is 13.3 Å². The van der Waals surface area contributed by atoms with Gasteiger partial charge in [-0.25, -0.2) is 4.79 Å². The van der Waals surface area contributed by atoms with Crippen LogP contribution in [0.15, 0.2) is 11.1 Å². The van der Waals surface area contributed by atoms with Crippen molar-refractivity contribution in [2.75, 3.05) is 6.61 Å². The summed E-state index contributed by atoms with van der Waals surface area (Å²) in [4.78, 5) is 34.8. The smallest absolute Gasteiger partial charge is 0.341 e. The fraction of sp³-hybridized carbons (Fsp3) is 0.643. The van der Waals surface area contributed by atoms with Crippen LogP contribution in [-0.2, 0) is 23.9 Å². The Labute approximate surface area is 112 Å². The number of rotatable bonds is 5. The van der Waals surface area contributed by atoms with Crippen LogP contribution in [-0.4, -0.2) is 30.4 Å². The molecule has 106 valence electrons. The Morgan fingerprint density at radius 3 is 2.37 bits per heavy atom. The van der Waals surface area contributed by atoms with E-state index in [0.29, 0.717) is 12.0 Å². The van der Waals surface area contributed by atoms with Gasteiger partial charge in [0.05, 0.1) is 6.61 Å². The van der Waals surface area contributed by atoms with E-state index in [1.165, 1.54) is 6.92 Å². The number of esters is 2. The van der Waals surface area contributed by atoms with Gasteiger partial charge in [-0.1, -0.05) is 13.8 Å².